The van der Waals surface area contributed by atoms with Gasteiger partial charge in [0.1, 0.15) is 0 Å². The number of nitrogens with zero attached hydrogens (tertiary/aromatic N) is 1. The molecule has 0 aliphatic carbocycles. The second kappa shape index (κ2) is 13.8. The topological polar surface area (TPSA) is 32.3 Å². The molecule has 0 aromatic heterocycles. The third kappa shape index (κ3) is 11.8. The predicted octanol–water partition coefficient (Wildman–Crippen LogP) is 4.53. The summed E-state index contributed by atoms with van der Waals surface area (Å²) in [5, 5.41) is 3.05. The molecule has 0 radical (unpaired) electrons. The lowest BCUT2D eigenvalue weighted by Gasteiger charge is -2.30. The Kier molecular flexibility index (Phi) is 13.3. The van der Waals surface area contributed by atoms with E-state index in [4.69, 9.17) is 0 Å². The second-order valence-electron chi connectivity index (χ2n) is 6.72. The molecule has 0 unspecified atom stereocenters. The Morgan fingerprint density at radius 1 is 1.00 bits per heavy atom. The van der Waals surface area contributed by atoms with E-state index in [1.807, 2.05) is 6.08 Å². The first-order valence-corrected chi connectivity index (χ1v) is 9.12. The van der Waals surface area contributed by atoms with Crippen molar-refractivity contribution >= 4 is 5.91 Å². The van der Waals surface area contributed by atoms with Crippen LogP contribution in [0.1, 0.15) is 79.1 Å². The van der Waals surface area contributed by atoms with Crippen LogP contribution >= 0.6 is 0 Å². The maximum atomic E-state index is 11.8. The first-order chi connectivity index (χ1) is 10.5. The largest absolute Gasteiger partial charge is 0.355 e. The first kappa shape index (κ1) is 21.2. The van der Waals surface area contributed by atoms with Gasteiger partial charge in [0.2, 0.25) is 5.91 Å². The zero-order valence-corrected chi connectivity index (χ0v) is 15.4. The van der Waals surface area contributed by atoms with E-state index in [9.17, 15) is 4.79 Å². The van der Waals surface area contributed by atoms with Crippen LogP contribution in [0.3, 0.4) is 0 Å². The molecule has 0 saturated heterocycles. The Bertz CT molecular complexity index is 279. The molecular formula is C19H38N2O. The van der Waals surface area contributed by atoms with Gasteiger partial charge in [0.15, 0.2) is 0 Å². The molecule has 0 aliphatic heterocycles. The lowest BCUT2D eigenvalue weighted by Crippen LogP contribution is -2.42. The van der Waals surface area contributed by atoms with Crippen LogP contribution in [0.5, 0.6) is 0 Å². The molecule has 0 aromatic rings. The molecule has 3 heteroatoms. The maximum Gasteiger partial charge on any atom is 0.220 e. The minimum Gasteiger partial charge on any atom is -0.355 e. The predicted molar refractivity (Wildman–Crippen MR) is 97.1 cm³/mol. The van der Waals surface area contributed by atoms with Gasteiger partial charge in [0, 0.05) is 31.6 Å². The third-order valence-corrected chi connectivity index (χ3v) is 4.08. The smallest absolute Gasteiger partial charge is 0.220 e. The lowest BCUT2D eigenvalue weighted by molar-refractivity contribution is -0.121. The number of carbonyl (C=O) groups is 1. The molecule has 0 fully saturated rings. The molecule has 0 heterocycles. The fraction of sp³-hybridized carbons (Fsp3) is 0.842. The van der Waals surface area contributed by atoms with E-state index in [1.165, 1.54) is 32.1 Å². The van der Waals surface area contributed by atoms with Gasteiger partial charge in [0.25, 0.3) is 0 Å². The summed E-state index contributed by atoms with van der Waals surface area (Å²) >= 11 is 0. The van der Waals surface area contributed by atoms with Crippen molar-refractivity contribution in [3.63, 3.8) is 0 Å². The fourth-order valence-corrected chi connectivity index (χ4v) is 2.81. The molecule has 0 aliphatic rings. The van der Waals surface area contributed by atoms with Gasteiger partial charge in [-0.1, -0.05) is 31.8 Å². The molecule has 0 atom stereocenters. The number of nitrogens with one attached hydrogen (secondary N) is 1. The van der Waals surface area contributed by atoms with Crippen LogP contribution in [0.2, 0.25) is 0 Å². The Balaban J connectivity index is 3.52. The van der Waals surface area contributed by atoms with Gasteiger partial charge in [-0.2, -0.15) is 0 Å². The zero-order chi connectivity index (χ0) is 16.8. The Morgan fingerprint density at radius 2 is 1.55 bits per heavy atom. The first-order valence-electron chi connectivity index (χ1n) is 9.12. The minimum atomic E-state index is 0.208. The van der Waals surface area contributed by atoms with Crippen LogP contribution in [0.15, 0.2) is 12.7 Å². The summed E-state index contributed by atoms with van der Waals surface area (Å²) in [5.74, 6) is 0.208. The molecule has 1 N–H and O–H groups in total. The normalized spacial score (nSPS) is 11.4. The van der Waals surface area contributed by atoms with E-state index in [0.29, 0.717) is 18.5 Å². The number of hydrogen-bond donors (Lipinski definition) is 1. The third-order valence-electron chi connectivity index (χ3n) is 4.08. The molecule has 0 rings (SSSR count). The number of unbranched alkanes of at least 4 members (excludes halogenated alkanes) is 6. The average molecular weight is 311 g/mol. The zero-order valence-electron chi connectivity index (χ0n) is 15.4. The molecule has 22 heavy (non-hydrogen) atoms. The number of amides is 1. The van der Waals surface area contributed by atoms with Crippen LogP contribution in [0, 0.1) is 0 Å². The Hall–Kier alpha value is -0.830. The van der Waals surface area contributed by atoms with E-state index >= 15 is 0 Å². The monoisotopic (exact) mass is 310 g/mol. The standard InChI is InChI=1S/C19H38N2O/c1-6-7-8-9-10-11-12-13-14-19(22)20-15-16-21(17(2)3)18(4)5/h6,17-18H,1,7-16H2,2-5H3,(H,20,22). The van der Waals surface area contributed by atoms with E-state index in [1.54, 1.807) is 0 Å². The van der Waals surface area contributed by atoms with Crippen molar-refractivity contribution in [1.29, 1.82) is 0 Å². The van der Waals surface area contributed by atoms with Crippen LogP contribution in [-0.2, 0) is 4.79 Å². The van der Waals surface area contributed by atoms with Crippen molar-refractivity contribution in [2.75, 3.05) is 13.1 Å². The summed E-state index contributed by atoms with van der Waals surface area (Å²) in [6, 6.07) is 1.05. The van der Waals surface area contributed by atoms with E-state index < -0.39 is 0 Å². The van der Waals surface area contributed by atoms with Crippen molar-refractivity contribution in [1.82, 2.24) is 10.2 Å². The molecular weight excluding hydrogens is 272 g/mol. The maximum absolute atomic E-state index is 11.8. The lowest BCUT2D eigenvalue weighted by atomic mass is 10.1. The molecule has 0 spiro atoms. The fourth-order valence-electron chi connectivity index (χ4n) is 2.81. The van der Waals surface area contributed by atoms with Crippen molar-refractivity contribution in [2.45, 2.75) is 91.1 Å². The summed E-state index contributed by atoms with van der Waals surface area (Å²) in [7, 11) is 0. The van der Waals surface area contributed by atoms with Crippen molar-refractivity contribution < 1.29 is 4.79 Å². The van der Waals surface area contributed by atoms with Crippen molar-refractivity contribution in [2.24, 2.45) is 0 Å². The van der Waals surface area contributed by atoms with Gasteiger partial charge in [-0.3, -0.25) is 9.69 Å². The highest BCUT2D eigenvalue weighted by Gasteiger charge is 2.12. The molecule has 1 amide bonds. The molecule has 0 saturated carbocycles. The second-order valence-corrected chi connectivity index (χ2v) is 6.72. The minimum absolute atomic E-state index is 0.208. The molecule has 3 nitrogen and oxygen atoms in total. The van der Waals surface area contributed by atoms with Crippen LogP contribution in [0.25, 0.3) is 0 Å². The van der Waals surface area contributed by atoms with E-state index in [0.717, 1.165) is 25.9 Å². The quantitative estimate of drug-likeness (QED) is 0.378. The molecule has 0 bridgehead atoms. The van der Waals surface area contributed by atoms with Crippen LogP contribution in [0.4, 0.5) is 0 Å². The summed E-state index contributed by atoms with van der Waals surface area (Å²) < 4.78 is 0. The van der Waals surface area contributed by atoms with Gasteiger partial charge in [0.05, 0.1) is 0 Å². The summed E-state index contributed by atoms with van der Waals surface area (Å²) in [6.45, 7) is 14.3. The number of carbonyl (C=O) groups excluding carboxylic acids is 1. The molecule has 0 aromatic carbocycles. The highest BCUT2D eigenvalue weighted by atomic mass is 16.1. The van der Waals surface area contributed by atoms with Gasteiger partial charge in [-0.05, 0) is 47.0 Å². The van der Waals surface area contributed by atoms with Crippen molar-refractivity contribution in [3.8, 4) is 0 Å². The van der Waals surface area contributed by atoms with E-state index in [2.05, 4.69) is 44.5 Å². The van der Waals surface area contributed by atoms with E-state index in [-0.39, 0.29) is 5.91 Å². The van der Waals surface area contributed by atoms with Gasteiger partial charge in [-0.25, -0.2) is 0 Å². The number of rotatable bonds is 14. The number of hydrogen-bond acceptors (Lipinski definition) is 2. The van der Waals surface area contributed by atoms with Crippen molar-refractivity contribution in [3.05, 3.63) is 12.7 Å². The summed E-state index contributed by atoms with van der Waals surface area (Å²) in [5.41, 5.74) is 0. The van der Waals surface area contributed by atoms with Gasteiger partial charge in [-0.15, -0.1) is 6.58 Å². The summed E-state index contributed by atoms with van der Waals surface area (Å²) in [4.78, 5) is 14.2. The van der Waals surface area contributed by atoms with Crippen LogP contribution < -0.4 is 5.32 Å². The Labute approximate surface area is 138 Å². The highest BCUT2D eigenvalue weighted by Crippen LogP contribution is 2.08. The summed E-state index contributed by atoms with van der Waals surface area (Å²) in [6.07, 6.45) is 11.1. The van der Waals surface area contributed by atoms with Gasteiger partial charge >= 0.3 is 0 Å². The average Bonchev–Trinajstić information content (AvgIpc) is 2.45. The molecule has 130 valence electrons. The van der Waals surface area contributed by atoms with Crippen LogP contribution in [-0.4, -0.2) is 36.0 Å². The highest BCUT2D eigenvalue weighted by molar-refractivity contribution is 5.75. The van der Waals surface area contributed by atoms with Gasteiger partial charge < -0.3 is 5.32 Å². The number of allylic oxidation sites excluding steroid dienone is 1. The SMILES string of the molecule is C=CCCCCCCCCC(=O)NCCN(C(C)C)C(C)C. The Morgan fingerprint density at radius 3 is 2.09 bits per heavy atom.